The Balaban J connectivity index is 3.51. The molecule has 1 rings (SSSR count). The van der Waals surface area contributed by atoms with Gasteiger partial charge in [0.2, 0.25) is 0 Å². The predicted molar refractivity (Wildman–Crippen MR) is 49.9 cm³/mol. The standard InChI is InChI=1S/C7H3ClF3NO3S/c8-16(14,15)4-1-2-6(12-13)5(3-4)7(9,10)11/h1-3H. The van der Waals surface area contributed by atoms with E-state index in [1.54, 1.807) is 0 Å². The van der Waals surface area contributed by atoms with E-state index in [1.807, 2.05) is 0 Å². The minimum absolute atomic E-state index is 0.263. The summed E-state index contributed by atoms with van der Waals surface area (Å²) in [5.74, 6) is 0. The molecule has 0 fully saturated rings. The summed E-state index contributed by atoms with van der Waals surface area (Å²) in [6, 6.07) is 1.68. The number of nitrogens with zero attached hydrogens (tertiary/aromatic N) is 1. The molecule has 0 N–H and O–H groups in total. The fourth-order valence-electron chi connectivity index (χ4n) is 0.973. The molecule has 0 aromatic heterocycles. The first-order valence-electron chi connectivity index (χ1n) is 3.65. The van der Waals surface area contributed by atoms with E-state index in [9.17, 15) is 26.5 Å². The Labute approximate surface area is 92.4 Å². The van der Waals surface area contributed by atoms with Crippen LogP contribution in [0.4, 0.5) is 18.9 Å². The van der Waals surface area contributed by atoms with E-state index in [4.69, 9.17) is 10.7 Å². The lowest BCUT2D eigenvalue weighted by Gasteiger charge is -2.08. The molecular weight excluding hydrogens is 271 g/mol. The van der Waals surface area contributed by atoms with Gasteiger partial charge in [0.05, 0.1) is 10.5 Å². The van der Waals surface area contributed by atoms with Crippen molar-refractivity contribution in [3.8, 4) is 0 Å². The van der Waals surface area contributed by atoms with Crippen LogP contribution in [0.3, 0.4) is 0 Å². The predicted octanol–water partition coefficient (Wildman–Crippen LogP) is 3.03. The molecule has 0 amide bonds. The van der Waals surface area contributed by atoms with Crippen LogP contribution < -0.4 is 0 Å². The van der Waals surface area contributed by atoms with Gasteiger partial charge in [-0.2, -0.15) is 13.2 Å². The Bertz CT molecular complexity index is 526. The number of nitroso groups, excluding NO2 is 1. The van der Waals surface area contributed by atoms with E-state index >= 15 is 0 Å². The summed E-state index contributed by atoms with van der Waals surface area (Å²) in [4.78, 5) is 9.36. The van der Waals surface area contributed by atoms with E-state index in [2.05, 4.69) is 5.18 Å². The van der Waals surface area contributed by atoms with Crippen LogP contribution in [0.15, 0.2) is 28.3 Å². The van der Waals surface area contributed by atoms with E-state index in [0.717, 1.165) is 6.07 Å². The Morgan fingerprint density at radius 1 is 1.25 bits per heavy atom. The molecule has 1 aromatic rings. The number of hydrogen-bond donors (Lipinski definition) is 0. The lowest BCUT2D eigenvalue weighted by Crippen LogP contribution is -2.06. The molecule has 0 aliphatic heterocycles. The Kier molecular flexibility index (Phi) is 3.25. The zero-order valence-corrected chi connectivity index (χ0v) is 8.90. The van der Waals surface area contributed by atoms with Gasteiger partial charge >= 0.3 is 6.18 Å². The van der Waals surface area contributed by atoms with Gasteiger partial charge in [0.25, 0.3) is 9.05 Å². The van der Waals surface area contributed by atoms with Crippen molar-refractivity contribution in [2.45, 2.75) is 11.1 Å². The number of benzene rings is 1. The van der Waals surface area contributed by atoms with E-state index in [0.29, 0.717) is 6.07 Å². The second kappa shape index (κ2) is 4.02. The maximum atomic E-state index is 12.4. The molecule has 0 aliphatic rings. The van der Waals surface area contributed by atoms with Crippen molar-refractivity contribution >= 4 is 25.4 Å². The van der Waals surface area contributed by atoms with Crippen molar-refractivity contribution in [1.29, 1.82) is 0 Å². The van der Waals surface area contributed by atoms with Crippen molar-refractivity contribution in [3.05, 3.63) is 28.7 Å². The van der Waals surface area contributed by atoms with Gasteiger partial charge in [0, 0.05) is 10.7 Å². The van der Waals surface area contributed by atoms with Crippen LogP contribution in [0, 0.1) is 4.91 Å². The molecule has 0 radical (unpaired) electrons. The van der Waals surface area contributed by atoms with Crippen molar-refractivity contribution in [1.82, 2.24) is 0 Å². The Hall–Kier alpha value is -1.15. The lowest BCUT2D eigenvalue weighted by molar-refractivity contribution is -0.137. The molecule has 0 saturated carbocycles. The first-order chi connectivity index (χ1) is 7.16. The van der Waals surface area contributed by atoms with Crippen LogP contribution in [0.1, 0.15) is 5.56 Å². The second-order valence-corrected chi connectivity index (χ2v) is 5.27. The summed E-state index contributed by atoms with van der Waals surface area (Å²) in [5.41, 5.74) is -2.33. The quantitative estimate of drug-likeness (QED) is 0.614. The van der Waals surface area contributed by atoms with Gasteiger partial charge < -0.3 is 0 Å². The summed E-state index contributed by atoms with van der Waals surface area (Å²) in [6.07, 6.45) is -4.87. The first-order valence-corrected chi connectivity index (χ1v) is 5.96. The number of alkyl halides is 3. The molecule has 4 nitrogen and oxygen atoms in total. The molecule has 0 unspecified atom stereocenters. The van der Waals surface area contributed by atoms with Gasteiger partial charge in [-0.05, 0) is 23.4 Å². The normalized spacial score (nSPS) is 12.5. The molecule has 0 spiro atoms. The summed E-state index contributed by atoms with van der Waals surface area (Å²) >= 11 is 0. The summed E-state index contributed by atoms with van der Waals surface area (Å²) in [6.45, 7) is 0. The maximum Gasteiger partial charge on any atom is 0.418 e. The molecule has 0 saturated heterocycles. The van der Waals surface area contributed by atoms with E-state index < -0.39 is 31.4 Å². The van der Waals surface area contributed by atoms with Gasteiger partial charge in [0.15, 0.2) is 0 Å². The number of halogens is 4. The van der Waals surface area contributed by atoms with Crippen molar-refractivity contribution < 1.29 is 21.6 Å². The fourth-order valence-corrected chi connectivity index (χ4v) is 1.75. The highest BCUT2D eigenvalue weighted by molar-refractivity contribution is 8.13. The van der Waals surface area contributed by atoms with E-state index in [-0.39, 0.29) is 6.07 Å². The van der Waals surface area contributed by atoms with Gasteiger partial charge in [-0.3, -0.25) is 0 Å². The summed E-state index contributed by atoms with van der Waals surface area (Å²) in [5, 5.41) is 2.15. The SMILES string of the molecule is O=Nc1ccc(S(=O)(=O)Cl)cc1C(F)(F)F. The smallest absolute Gasteiger partial charge is 0.207 e. The third-order valence-corrected chi connectivity index (χ3v) is 3.00. The average Bonchev–Trinajstić information content (AvgIpc) is 2.14. The maximum absolute atomic E-state index is 12.4. The number of rotatable bonds is 2. The second-order valence-electron chi connectivity index (χ2n) is 2.71. The highest BCUT2D eigenvalue weighted by Gasteiger charge is 2.35. The van der Waals surface area contributed by atoms with Crippen LogP contribution in [0.25, 0.3) is 0 Å². The highest BCUT2D eigenvalue weighted by Crippen LogP contribution is 2.37. The molecule has 0 atom stereocenters. The molecule has 16 heavy (non-hydrogen) atoms. The molecule has 1 aromatic carbocycles. The number of hydrogen-bond acceptors (Lipinski definition) is 4. The largest absolute Gasteiger partial charge is 0.418 e. The van der Waals surface area contributed by atoms with Gasteiger partial charge in [-0.15, -0.1) is 4.91 Å². The molecule has 9 heteroatoms. The molecular formula is C7H3ClF3NO3S. The average molecular weight is 274 g/mol. The first kappa shape index (κ1) is 12.9. The van der Waals surface area contributed by atoms with Crippen LogP contribution in [0.2, 0.25) is 0 Å². The molecule has 0 heterocycles. The van der Waals surface area contributed by atoms with E-state index in [1.165, 1.54) is 0 Å². The summed E-state index contributed by atoms with van der Waals surface area (Å²) < 4.78 is 58.7. The minimum atomic E-state index is -4.87. The van der Waals surface area contributed by atoms with Crippen molar-refractivity contribution in [2.24, 2.45) is 5.18 Å². The minimum Gasteiger partial charge on any atom is -0.207 e. The topological polar surface area (TPSA) is 63.6 Å². The van der Waals surface area contributed by atoms with Crippen LogP contribution in [-0.4, -0.2) is 8.42 Å². The van der Waals surface area contributed by atoms with Crippen LogP contribution >= 0.6 is 10.7 Å². The van der Waals surface area contributed by atoms with Crippen LogP contribution in [-0.2, 0) is 15.2 Å². The monoisotopic (exact) mass is 273 g/mol. The third-order valence-electron chi connectivity index (χ3n) is 1.65. The highest BCUT2D eigenvalue weighted by atomic mass is 35.7. The lowest BCUT2D eigenvalue weighted by atomic mass is 10.2. The fraction of sp³-hybridized carbons (Fsp3) is 0.143. The zero-order chi connectivity index (χ0) is 12.6. The zero-order valence-electron chi connectivity index (χ0n) is 7.32. The third kappa shape index (κ3) is 2.70. The van der Waals surface area contributed by atoms with Crippen LogP contribution in [0.5, 0.6) is 0 Å². The molecule has 88 valence electrons. The van der Waals surface area contributed by atoms with Gasteiger partial charge in [-0.25, -0.2) is 8.42 Å². The molecule has 0 bridgehead atoms. The summed E-state index contributed by atoms with van der Waals surface area (Å²) in [7, 11) is 0.590. The Morgan fingerprint density at radius 3 is 2.19 bits per heavy atom. The van der Waals surface area contributed by atoms with Crippen molar-refractivity contribution in [3.63, 3.8) is 0 Å². The van der Waals surface area contributed by atoms with Gasteiger partial charge in [-0.1, -0.05) is 0 Å². The van der Waals surface area contributed by atoms with Crippen molar-refractivity contribution in [2.75, 3.05) is 0 Å². The van der Waals surface area contributed by atoms with Gasteiger partial charge in [0.1, 0.15) is 5.69 Å². The Morgan fingerprint density at radius 2 is 1.81 bits per heavy atom. The molecule has 0 aliphatic carbocycles.